The highest BCUT2D eigenvalue weighted by molar-refractivity contribution is 7.91. The zero-order chi connectivity index (χ0) is 19.7. The van der Waals surface area contributed by atoms with E-state index in [9.17, 15) is 8.42 Å². The average Bonchev–Trinajstić information content (AvgIpc) is 3.10. The number of rotatable bonds is 5. The monoisotopic (exact) mass is 394 g/mol. The van der Waals surface area contributed by atoms with Gasteiger partial charge in [-0.25, -0.2) is 8.42 Å². The Kier molecular flexibility index (Phi) is 5.48. The van der Waals surface area contributed by atoms with Crippen LogP contribution in [0.2, 0.25) is 0 Å². The van der Waals surface area contributed by atoms with Crippen molar-refractivity contribution in [2.45, 2.75) is 43.0 Å². The molecule has 0 amide bonds. The summed E-state index contributed by atoms with van der Waals surface area (Å²) in [5.41, 5.74) is -0.409. The molecule has 1 aromatic carbocycles. The summed E-state index contributed by atoms with van der Waals surface area (Å²) < 4.78 is 43.3. The number of ether oxygens (including phenoxy) is 2. The SMILES string of the molecule is CCOc1ccc(S(=O)(=O)c2nc(C(C)(C)C)oc2N2CCOCC2)cc1. The second kappa shape index (κ2) is 7.52. The van der Waals surface area contributed by atoms with Crippen LogP contribution in [-0.4, -0.2) is 46.3 Å². The molecular formula is C19H26N2O5S. The summed E-state index contributed by atoms with van der Waals surface area (Å²) in [6.07, 6.45) is 0. The van der Waals surface area contributed by atoms with Crippen LogP contribution in [0.4, 0.5) is 5.88 Å². The summed E-state index contributed by atoms with van der Waals surface area (Å²) in [7, 11) is -3.83. The molecule has 1 aliphatic heterocycles. The lowest BCUT2D eigenvalue weighted by molar-refractivity contribution is 0.120. The van der Waals surface area contributed by atoms with Gasteiger partial charge in [-0.1, -0.05) is 20.8 Å². The molecule has 8 heteroatoms. The van der Waals surface area contributed by atoms with Gasteiger partial charge in [-0.2, -0.15) is 4.98 Å². The Morgan fingerprint density at radius 1 is 1.15 bits per heavy atom. The maximum Gasteiger partial charge on any atom is 0.236 e. The Morgan fingerprint density at radius 3 is 2.33 bits per heavy atom. The Hall–Kier alpha value is -2.06. The van der Waals surface area contributed by atoms with E-state index in [1.807, 2.05) is 32.6 Å². The van der Waals surface area contributed by atoms with Crippen molar-refractivity contribution in [3.63, 3.8) is 0 Å². The maximum atomic E-state index is 13.3. The molecule has 148 valence electrons. The fraction of sp³-hybridized carbons (Fsp3) is 0.526. The Labute approximate surface area is 160 Å². The van der Waals surface area contributed by atoms with Crippen LogP contribution in [0.25, 0.3) is 0 Å². The minimum absolute atomic E-state index is 0.0431. The van der Waals surface area contributed by atoms with Crippen molar-refractivity contribution in [3.8, 4) is 5.75 Å². The minimum Gasteiger partial charge on any atom is -0.494 e. The van der Waals surface area contributed by atoms with Gasteiger partial charge in [0, 0.05) is 18.5 Å². The van der Waals surface area contributed by atoms with Gasteiger partial charge in [0.05, 0.1) is 24.7 Å². The molecule has 1 aliphatic rings. The third-order valence-electron chi connectivity index (χ3n) is 4.22. The van der Waals surface area contributed by atoms with Crippen molar-refractivity contribution in [1.82, 2.24) is 4.98 Å². The summed E-state index contributed by atoms with van der Waals surface area (Å²) in [6.45, 7) is 10.4. The number of hydrogen-bond acceptors (Lipinski definition) is 7. The van der Waals surface area contributed by atoms with E-state index in [1.54, 1.807) is 12.1 Å². The van der Waals surface area contributed by atoms with Gasteiger partial charge in [-0.15, -0.1) is 0 Å². The van der Waals surface area contributed by atoms with E-state index in [4.69, 9.17) is 13.9 Å². The van der Waals surface area contributed by atoms with Crippen LogP contribution < -0.4 is 9.64 Å². The fourth-order valence-electron chi connectivity index (χ4n) is 2.75. The van der Waals surface area contributed by atoms with Gasteiger partial charge < -0.3 is 18.8 Å². The zero-order valence-electron chi connectivity index (χ0n) is 16.2. The van der Waals surface area contributed by atoms with Gasteiger partial charge in [-0.05, 0) is 31.2 Å². The van der Waals surface area contributed by atoms with Crippen LogP contribution in [0, 0.1) is 0 Å². The first kappa shape index (κ1) is 19.7. The van der Waals surface area contributed by atoms with E-state index in [1.165, 1.54) is 12.1 Å². The summed E-state index contributed by atoms with van der Waals surface area (Å²) in [4.78, 5) is 6.44. The largest absolute Gasteiger partial charge is 0.494 e. The standard InChI is InChI=1S/C19H26N2O5S/c1-5-25-14-6-8-15(9-7-14)27(22,23)16-17(21-10-12-24-13-11-21)26-18(20-16)19(2,3)4/h6-9H,5,10-13H2,1-4H3. The van der Waals surface area contributed by atoms with Crippen LogP contribution in [0.1, 0.15) is 33.6 Å². The first-order chi connectivity index (χ1) is 12.7. The molecule has 0 atom stereocenters. The maximum absolute atomic E-state index is 13.3. The first-order valence-electron chi connectivity index (χ1n) is 9.05. The van der Waals surface area contributed by atoms with Crippen molar-refractivity contribution in [2.75, 3.05) is 37.8 Å². The predicted octanol–water partition coefficient (Wildman–Crippen LogP) is 3.04. The summed E-state index contributed by atoms with van der Waals surface area (Å²) in [5, 5.41) is -0.0431. The van der Waals surface area contributed by atoms with Crippen LogP contribution in [0.15, 0.2) is 38.6 Å². The number of anilines is 1. The highest BCUT2D eigenvalue weighted by Gasteiger charge is 2.34. The third-order valence-corrected chi connectivity index (χ3v) is 5.89. The van der Waals surface area contributed by atoms with Crippen molar-refractivity contribution in [1.29, 1.82) is 0 Å². The molecule has 0 unspecified atom stereocenters. The highest BCUT2D eigenvalue weighted by atomic mass is 32.2. The molecule has 1 aromatic heterocycles. The molecule has 27 heavy (non-hydrogen) atoms. The number of oxazole rings is 1. The second-order valence-electron chi connectivity index (χ2n) is 7.39. The highest BCUT2D eigenvalue weighted by Crippen LogP contribution is 2.35. The molecule has 0 spiro atoms. The van der Waals surface area contributed by atoms with Crippen LogP contribution in [-0.2, 0) is 20.0 Å². The second-order valence-corrected chi connectivity index (χ2v) is 9.25. The van der Waals surface area contributed by atoms with Crippen molar-refractivity contribution >= 4 is 15.7 Å². The summed E-state index contributed by atoms with van der Waals surface area (Å²) in [6, 6.07) is 6.37. The van der Waals surface area contributed by atoms with Gasteiger partial charge in [0.2, 0.25) is 26.6 Å². The Balaban J connectivity index is 2.06. The lowest BCUT2D eigenvalue weighted by atomic mass is 9.97. The Bertz CT molecular complexity index is 876. The number of aromatic nitrogens is 1. The topological polar surface area (TPSA) is 81.9 Å². The number of nitrogens with zero attached hydrogens (tertiary/aromatic N) is 2. The number of morpholine rings is 1. The normalized spacial score (nSPS) is 15.8. The van der Waals surface area contributed by atoms with Gasteiger partial charge >= 0.3 is 0 Å². The molecule has 2 heterocycles. The lowest BCUT2D eigenvalue weighted by Gasteiger charge is -2.26. The lowest BCUT2D eigenvalue weighted by Crippen LogP contribution is -2.36. The molecular weight excluding hydrogens is 368 g/mol. The van der Waals surface area contributed by atoms with Crippen molar-refractivity contribution < 1.29 is 22.3 Å². The quantitative estimate of drug-likeness (QED) is 0.771. The molecule has 0 saturated carbocycles. The molecule has 0 aliphatic carbocycles. The van der Waals surface area contributed by atoms with E-state index in [-0.39, 0.29) is 15.8 Å². The fourth-order valence-corrected chi connectivity index (χ4v) is 4.07. The minimum atomic E-state index is -3.83. The van der Waals surface area contributed by atoms with E-state index in [2.05, 4.69) is 4.98 Å². The molecule has 3 rings (SSSR count). The van der Waals surface area contributed by atoms with Gasteiger partial charge in [0.15, 0.2) is 0 Å². The van der Waals surface area contributed by atoms with E-state index < -0.39 is 15.3 Å². The third kappa shape index (κ3) is 4.11. The van der Waals surface area contributed by atoms with E-state index in [0.29, 0.717) is 44.6 Å². The number of sulfone groups is 1. The summed E-state index contributed by atoms with van der Waals surface area (Å²) >= 11 is 0. The molecule has 1 saturated heterocycles. The molecule has 1 fully saturated rings. The van der Waals surface area contributed by atoms with Crippen LogP contribution in [0.3, 0.4) is 0 Å². The van der Waals surface area contributed by atoms with Crippen LogP contribution >= 0.6 is 0 Å². The Morgan fingerprint density at radius 2 is 1.78 bits per heavy atom. The van der Waals surface area contributed by atoms with Gasteiger partial charge in [-0.3, -0.25) is 0 Å². The molecule has 7 nitrogen and oxygen atoms in total. The van der Waals surface area contributed by atoms with Gasteiger partial charge in [0.25, 0.3) is 0 Å². The predicted molar refractivity (Wildman–Crippen MR) is 101 cm³/mol. The zero-order valence-corrected chi connectivity index (χ0v) is 17.0. The number of hydrogen-bond donors (Lipinski definition) is 0. The van der Waals surface area contributed by atoms with E-state index in [0.717, 1.165) is 0 Å². The summed E-state index contributed by atoms with van der Waals surface area (Å²) in [5.74, 6) is 1.31. The van der Waals surface area contributed by atoms with Crippen LogP contribution in [0.5, 0.6) is 5.75 Å². The average molecular weight is 394 g/mol. The molecule has 0 bridgehead atoms. The van der Waals surface area contributed by atoms with Crippen molar-refractivity contribution in [2.24, 2.45) is 0 Å². The van der Waals surface area contributed by atoms with Crippen molar-refractivity contribution in [3.05, 3.63) is 30.2 Å². The van der Waals surface area contributed by atoms with E-state index >= 15 is 0 Å². The smallest absolute Gasteiger partial charge is 0.236 e. The molecule has 0 N–H and O–H groups in total. The molecule has 2 aromatic rings. The van der Waals surface area contributed by atoms with Gasteiger partial charge in [0.1, 0.15) is 5.75 Å². The molecule has 0 radical (unpaired) electrons. The first-order valence-corrected chi connectivity index (χ1v) is 10.5. The number of benzene rings is 1.